The van der Waals surface area contributed by atoms with Crippen molar-refractivity contribution >= 4 is 55.7 Å². The zero-order chi connectivity index (χ0) is 18.0. The number of fused-ring (bicyclic) bond motifs is 1. The number of rotatable bonds is 4. The number of H-pyrrole nitrogens is 1. The van der Waals surface area contributed by atoms with E-state index in [1.165, 1.54) is 13.3 Å². The number of ether oxygens (including phenoxy) is 1. The van der Waals surface area contributed by atoms with Gasteiger partial charge in [-0.2, -0.15) is 0 Å². The third-order valence-corrected chi connectivity index (χ3v) is 6.10. The van der Waals surface area contributed by atoms with Gasteiger partial charge < -0.3 is 0 Å². The zero-order valence-corrected chi connectivity index (χ0v) is 17.0. The summed E-state index contributed by atoms with van der Waals surface area (Å²) in [5.41, 5.74) is 1.29. The number of nitrogens with zero attached hydrogens (tertiary/aromatic N) is 1. The Morgan fingerprint density at radius 3 is 2.76 bits per heavy atom. The fraction of sp³-hybridized carbons (Fsp3) is 0.125. The number of aromatic nitrogens is 2. The van der Waals surface area contributed by atoms with Gasteiger partial charge in [-0.25, -0.2) is 0 Å². The summed E-state index contributed by atoms with van der Waals surface area (Å²) in [6, 6.07) is 5.37. The Hall–Kier alpha value is -1.93. The number of nitrogens with one attached hydrogen (secondary N) is 2. The quantitative estimate of drug-likeness (QED) is 0.275. The first-order valence-electron chi connectivity index (χ1n) is 7.14. The van der Waals surface area contributed by atoms with Crippen LogP contribution in [0.1, 0.15) is 21.7 Å². The number of imide groups is 1. The van der Waals surface area contributed by atoms with E-state index >= 15 is 0 Å². The Morgan fingerprint density at radius 1 is 1.24 bits per heavy atom. The molecule has 127 valence electrons. The third kappa shape index (κ3) is 3.85. The molecule has 0 fully saturated rings. The van der Waals surface area contributed by atoms with Crippen LogP contribution in [0.4, 0.5) is 0 Å². The topological polar surface area (TPSA) is 101 Å². The van der Waals surface area contributed by atoms with Crippen molar-refractivity contribution in [3.63, 3.8) is 0 Å². The number of benzene rings is 1. The molecule has 1 radical (unpaired) electrons. The molecule has 25 heavy (non-hydrogen) atoms. The summed E-state index contributed by atoms with van der Waals surface area (Å²) in [5, 5.41) is 2.90. The van der Waals surface area contributed by atoms with E-state index in [0.29, 0.717) is 27.7 Å². The summed E-state index contributed by atoms with van der Waals surface area (Å²) < 4.78 is 5.82. The number of carbonyl (C=O) groups excluding carboxylic acids is 2. The van der Waals surface area contributed by atoms with E-state index in [9.17, 15) is 14.4 Å². The molecule has 0 spiro atoms. The Labute approximate surface area is 163 Å². The predicted octanol–water partition coefficient (Wildman–Crippen LogP) is 0.898. The van der Waals surface area contributed by atoms with Gasteiger partial charge in [0.1, 0.15) is 0 Å². The van der Waals surface area contributed by atoms with Crippen molar-refractivity contribution in [1.82, 2.24) is 15.3 Å². The van der Waals surface area contributed by atoms with Crippen molar-refractivity contribution in [2.45, 2.75) is 5.21 Å². The number of amides is 2. The van der Waals surface area contributed by atoms with Crippen molar-refractivity contribution in [3.05, 3.63) is 60.1 Å². The van der Waals surface area contributed by atoms with Crippen molar-refractivity contribution in [2.24, 2.45) is 0 Å². The molecule has 7 nitrogen and oxygen atoms in total. The molecule has 2 amide bonds. The van der Waals surface area contributed by atoms with Gasteiger partial charge in [0.2, 0.25) is 0 Å². The van der Waals surface area contributed by atoms with Crippen LogP contribution in [0.25, 0.3) is 5.57 Å². The summed E-state index contributed by atoms with van der Waals surface area (Å²) in [6.07, 6.45) is 1.38. The normalized spacial score (nSPS) is 15.5. The standard InChI is InChI=1S/C16H12AsIN3O4/c1-25-12-7-19-13(20-16(12)24)6-17-5-11-10-4-8(18)2-3-9(10)14(22)21-15(11)23/h2-5,7H,6H2,1H3,(H,19,20,24)(H,21,22,23)/b11-5+. The summed E-state index contributed by atoms with van der Waals surface area (Å²) in [6.45, 7) is 0. The fourth-order valence-electron chi connectivity index (χ4n) is 2.29. The first-order valence-corrected chi connectivity index (χ1v) is 10.6. The molecule has 0 unspecified atom stereocenters. The molecule has 1 aliphatic rings. The number of methoxy groups -OCH3 is 1. The van der Waals surface area contributed by atoms with Gasteiger partial charge in [0.05, 0.1) is 0 Å². The van der Waals surface area contributed by atoms with E-state index in [2.05, 4.69) is 37.9 Å². The van der Waals surface area contributed by atoms with Crippen molar-refractivity contribution in [3.8, 4) is 5.75 Å². The van der Waals surface area contributed by atoms with Crippen LogP contribution in [-0.2, 0) is 10.0 Å². The molecule has 0 aliphatic carbocycles. The predicted molar refractivity (Wildman–Crippen MR) is 100 cm³/mol. The number of hydrogen-bond acceptors (Lipinski definition) is 5. The molecular formula is C16H12AsIN3O4. The first kappa shape index (κ1) is 17.9. The van der Waals surface area contributed by atoms with Crippen molar-refractivity contribution in [2.75, 3.05) is 7.11 Å². The van der Waals surface area contributed by atoms with Crippen LogP contribution in [0.3, 0.4) is 0 Å². The molecule has 0 saturated carbocycles. The molecule has 1 aromatic heterocycles. The molecule has 2 N–H and O–H groups in total. The third-order valence-electron chi connectivity index (χ3n) is 3.49. The van der Waals surface area contributed by atoms with E-state index in [4.69, 9.17) is 4.74 Å². The van der Waals surface area contributed by atoms with Crippen LogP contribution in [0, 0.1) is 3.57 Å². The summed E-state index contributed by atoms with van der Waals surface area (Å²) in [4.78, 5) is 44.5. The fourth-order valence-corrected chi connectivity index (χ4v) is 4.60. The second kappa shape index (κ2) is 7.53. The number of hydrogen-bond donors (Lipinski definition) is 2. The zero-order valence-electron chi connectivity index (χ0n) is 13.0. The summed E-state index contributed by atoms with van der Waals surface area (Å²) in [5.74, 6) is -0.0817. The average molecular weight is 512 g/mol. The van der Waals surface area contributed by atoms with E-state index in [-0.39, 0.29) is 17.2 Å². The SMILES string of the molecule is COc1cnc(C[As]/C=C2/C(=O)NC(=O)c3ccc(I)cc32)[nH]c1=O. The van der Waals surface area contributed by atoms with Gasteiger partial charge >= 0.3 is 164 Å². The Bertz CT molecular complexity index is 955. The van der Waals surface area contributed by atoms with Gasteiger partial charge in [0.25, 0.3) is 0 Å². The maximum atomic E-state index is 12.2. The Balaban J connectivity index is 1.84. The van der Waals surface area contributed by atoms with E-state index in [1.54, 1.807) is 6.07 Å². The Kier molecular flexibility index (Phi) is 5.38. The van der Waals surface area contributed by atoms with Crippen molar-refractivity contribution < 1.29 is 14.3 Å². The second-order valence-corrected chi connectivity index (χ2v) is 8.30. The monoisotopic (exact) mass is 512 g/mol. The molecule has 0 atom stereocenters. The number of aromatic amines is 1. The van der Waals surface area contributed by atoms with Crippen LogP contribution in [-0.4, -0.2) is 44.6 Å². The molecule has 3 rings (SSSR count). The summed E-state index contributed by atoms with van der Waals surface area (Å²) in [7, 11) is 1.41. The minimum atomic E-state index is -0.435. The van der Waals surface area contributed by atoms with Gasteiger partial charge in [-0.1, -0.05) is 0 Å². The number of carbonyl (C=O) groups is 2. The number of halogens is 1. The van der Waals surface area contributed by atoms with Gasteiger partial charge in [-0.05, 0) is 0 Å². The Morgan fingerprint density at radius 2 is 2.04 bits per heavy atom. The maximum absolute atomic E-state index is 12.2. The van der Waals surface area contributed by atoms with E-state index in [1.807, 2.05) is 17.0 Å². The molecule has 2 aromatic rings. The van der Waals surface area contributed by atoms with Crippen LogP contribution in [0.2, 0.25) is 0 Å². The van der Waals surface area contributed by atoms with Gasteiger partial charge in [0, 0.05) is 0 Å². The average Bonchev–Trinajstić information content (AvgIpc) is 2.57. The molecule has 9 heteroatoms. The second-order valence-electron chi connectivity index (χ2n) is 5.08. The van der Waals surface area contributed by atoms with Crippen molar-refractivity contribution in [1.29, 1.82) is 0 Å². The molecule has 1 aliphatic heterocycles. The van der Waals surface area contributed by atoms with Gasteiger partial charge in [0.15, 0.2) is 0 Å². The molecule has 0 bridgehead atoms. The van der Waals surface area contributed by atoms with Crippen LogP contribution in [0.5, 0.6) is 5.75 Å². The first-order chi connectivity index (χ1) is 12.0. The molecule has 1 aromatic carbocycles. The van der Waals surface area contributed by atoms with Gasteiger partial charge in [-0.3, -0.25) is 0 Å². The summed E-state index contributed by atoms with van der Waals surface area (Å²) >= 11 is 1.71. The minimum absolute atomic E-state index is 0.159. The molecule has 2 heterocycles. The van der Waals surface area contributed by atoms with Crippen LogP contribution < -0.4 is 15.6 Å². The molecular weight excluding hydrogens is 500 g/mol. The van der Waals surface area contributed by atoms with E-state index in [0.717, 1.165) is 3.57 Å². The van der Waals surface area contributed by atoms with Gasteiger partial charge in [-0.15, -0.1) is 0 Å². The van der Waals surface area contributed by atoms with Crippen LogP contribution >= 0.6 is 22.6 Å². The molecule has 0 saturated heterocycles. The van der Waals surface area contributed by atoms with Crippen LogP contribution in [0.15, 0.2) is 34.1 Å². The van der Waals surface area contributed by atoms with E-state index < -0.39 is 21.7 Å².